The van der Waals surface area contributed by atoms with Gasteiger partial charge in [-0.3, -0.25) is 9.79 Å². The summed E-state index contributed by atoms with van der Waals surface area (Å²) >= 11 is 7.84. The van der Waals surface area contributed by atoms with Crippen molar-refractivity contribution in [3.63, 3.8) is 0 Å². The van der Waals surface area contributed by atoms with Crippen molar-refractivity contribution in [1.29, 1.82) is 0 Å². The number of aliphatic imine (C=N–C) groups is 1. The quantitative estimate of drug-likeness (QED) is 0.717. The van der Waals surface area contributed by atoms with Crippen molar-refractivity contribution < 1.29 is 9.90 Å². The number of hydrogen-bond acceptors (Lipinski definition) is 4. The van der Waals surface area contributed by atoms with Crippen LogP contribution in [0.25, 0.3) is 10.9 Å². The van der Waals surface area contributed by atoms with Crippen LogP contribution in [0, 0.1) is 0 Å². The summed E-state index contributed by atoms with van der Waals surface area (Å²) in [6.45, 7) is 0. The zero-order chi connectivity index (χ0) is 17.4. The van der Waals surface area contributed by atoms with Gasteiger partial charge in [-0.2, -0.15) is 0 Å². The number of H-pyrrole nitrogens is 1. The van der Waals surface area contributed by atoms with Crippen LogP contribution in [0.2, 0.25) is 5.02 Å². The maximum Gasteiger partial charge on any atom is 0.314 e. The minimum absolute atomic E-state index is 0.239. The monoisotopic (exact) mass is 377 g/mol. The molecule has 4 rings (SSSR count). The van der Waals surface area contributed by atoms with Crippen molar-refractivity contribution in [2.45, 2.75) is 43.7 Å². The van der Waals surface area contributed by atoms with Gasteiger partial charge in [0.05, 0.1) is 22.8 Å². The van der Waals surface area contributed by atoms with Gasteiger partial charge in [0, 0.05) is 27.9 Å². The van der Waals surface area contributed by atoms with Crippen molar-refractivity contribution in [2.75, 3.05) is 11.1 Å². The van der Waals surface area contributed by atoms with Crippen molar-refractivity contribution in [3.8, 4) is 0 Å². The van der Waals surface area contributed by atoms with E-state index in [4.69, 9.17) is 11.6 Å². The SMILES string of the molecule is O=C(O)[C@@H](c1cc2cc(Cl)cc(NC3CCCC3)c2[nH]1)C1CSC=N1. The molecule has 2 aromatic rings. The van der Waals surface area contributed by atoms with Crippen LogP contribution in [0.3, 0.4) is 0 Å². The van der Waals surface area contributed by atoms with E-state index in [1.165, 1.54) is 12.8 Å². The number of fused-ring (bicyclic) bond motifs is 1. The fourth-order valence-corrected chi connectivity index (χ4v) is 4.82. The molecule has 25 heavy (non-hydrogen) atoms. The molecule has 1 aliphatic heterocycles. The minimum Gasteiger partial charge on any atom is -0.481 e. The molecular weight excluding hydrogens is 358 g/mol. The summed E-state index contributed by atoms with van der Waals surface area (Å²) in [4.78, 5) is 19.5. The Kier molecular flexibility index (Phi) is 4.65. The topological polar surface area (TPSA) is 77.5 Å². The second-order valence-corrected chi connectivity index (χ2v) is 8.05. The first-order valence-corrected chi connectivity index (χ1v) is 9.99. The smallest absolute Gasteiger partial charge is 0.314 e. The number of aliphatic carboxylic acids is 1. The lowest BCUT2D eigenvalue weighted by atomic mass is 9.98. The summed E-state index contributed by atoms with van der Waals surface area (Å²) in [5.74, 6) is -0.829. The van der Waals surface area contributed by atoms with Crippen LogP contribution in [-0.4, -0.2) is 39.4 Å². The van der Waals surface area contributed by atoms with E-state index < -0.39 is 11.9 Å². The van der Waals surface area contributed by atoms with E-state index in [1.807, 2.05) is 18.2 Å². The number of halogens is 1. The highest BCUT2D eigenvalue weighted by Crippen LogP contribution is 2.35. The van der Waals surface area contributed by atoms with Crippen LogP contribution in [0.5, 0.6) is 0 Å². The van der Waals surface area contributed by atoms with Crippen molar-refractivity contribution in [1.82, 2.24) is 4.98 Å². The molecule has 7 heteroatoms. The van der Waals surface area contributed by atoms with Gasteiger partial charge in [-0.1, -0.05) is 24.4 Å². The summed E-state index contributed by atoms with van der Waals surface area (Å²) in [6, 6.07) is 5.92. The lowest BCUT2D eigenvalue weighted by molar-refractivity contribution is -0.139. The molecule has 0 amide bonds. The van der Waals surface area contributed by atoms with Crippen molar-refractivity contribution in [3.05, 3.63) is 28.9 Å². The number of carboxylic acid groups (broad SMARTS) is 1. The Bertz CT molecular complexity index is 829. The number of rotatable bonds is 5. The van der Waals surface area contributed by atoms with Gasteiger partial charge >= 0.3 is 5.97 Å². The highest BCUT2D eigenvalue weighted by Gasteiger charge is 2.32. The van der Waals surface area contributed by atoms with Gasteiger partial charge < -0.3 is 15.4 Å². The number of aromatic nitrogens is 1. The number of thioether (sulfide) groups is 1. The standard InChI is InChI=1S/C18H20ClN3O2S/c19-11-5-10-6-13(16(18(23)24)15-8-25-9-20-15)22-17(10)14(7-11)21-12-3-1-2-4-12/h5-7,9,12,15-16,21-22H,1-4,8H2,(H,23,24)/t15?,16-/m0/s1. The van der Waals surface area contributed by atoms with Crippen LogP contribution in [-0.2, 0) is 4.79 Å². The maximum atomic E-state index is 11.8. The first-order chi connectivity index (χ1) is 12.1. The third kappa shape index (κ3) is 3.37. The zero-order valence-corrected chi connectivity index (χ0v) is 15.2. The van der Waals surface area contributed by atoms with Gasteiger partial charge in [-0.05, 0) is 31.0 Å². The predicted molar refractivity (Wildman–Crippen MR) is 104 cm³/mol. The van der Waals surface area contributed by atoms with E-state index in [1.54, 1.807) is 17.3 Å². The van der Waals surface area contributed by atoms with Crippen LogP contribution < -0.4 is 5.32 Å². The molecule has 0 spiro atoms. The van der Waals surface area contributed by atoms with Crippen LogP contribution in [0.1, 0.15) is 37.3 Å². The molecular formula is C18H20ClN3O2S. The number of hydrogen-bond donors (Lipinski definition) is 3. The molecule has 2 atom stereocenters. The number of benzene rings is 1. The van der Waals surface area contributed by atoms with Crippen LogP contribution >= 0.6 is 23.4 Å². The molecule has 2 aliphatic rings. The number of nitrogens with zero attached hydrogens (tertiary/aromatic N) is 1. The second-order valence-electron chi connectivity index (χ2n) is 6.74. The number of carboxylic acids is 1. The van der Waals surface area contributed by atoms with E-state index in [2.05, 4.69) is 15.3 Å². The Hall–Kier alpha value is -1.66. The summed E-state index contributed by atoms with van der Waals surface area (Å²) in [5.41, 5.74) is 4.30. The summed E-state index contributed by atoms with van der Waals surface area (Å²) in [5, 5.41) is 14.9. The third-order valence-electron chi connectivity index (χ3n) is 5.01. The molecule has 3 N–H and O–H groups in total. The molecule has 1 aliphatic carbocycles. The Morgan fingerprint density at radius 2 is 2.16 bits per heavy atom. The summed E-state index contributed by atoms with van der Waals surface area (Å²) in [6.07, 6.45) is 4.81. The molecule has 1 saturated carbocycles. The lowest BCUT2D eigenvalue weighted by Gasteiger charge is -2.16. The lowest BCUT2D eigenvalue weighted by Crippen LogP contribution is -2.25. The van der Waals surface area contributed by atoms with Gasteiger partial charge in [0.2, 0.25) is 0 Å². The summed E-state index contributed by atoms with van der Waals surface area (Å²) in [7, 11) is 0. The fourth-order valence-electron chi connectivity index (χ4n) is 3.79. The van der Waals surface area contributed by atoms with Crippen molar-refractivity contribution in [2.24, 2.45) is 4.99 Å². The number of carbonyl (C=O) groups is 1. The summed E-state index contributed by atoms with van der Waals surface area (Å²) < 4.78 is 0. The van der Waals surface area contributed by atoms with Crippen molar-refractivity contribution >= 4 is 51.5 Å². The molecule has 1 fully saturated rings. The molecule has 5 nitrogen and oxygen atoms in total. The fraction of sp³-hybridized carbons (Fsp3) is 0.444. The molecule has 1 unspecified atom stereocenters. The zero-order valence-electron chi connectivity index (χ0n) is 13.7. The number of aromatic amines is 1. The average molecular weight is 378 g/mol. The highest BCUT2D eigenvalue weighted by atomic mass is 35.5. The Morgan fingerprint density at radius 3 is 2.84 bits per heavy atom. The van der Waals surface area contributed by atoms with E-state index in [-0.39, 0.29) is 6.04 Å². The second kappa shape index (κ2) is 6.92. The van der Waals surface area contributed by atoms with Crippen LogP contribution in [0.4, 0.5) is 5.69 Å². The molecule has 0 saturated heterocycles. The van der Waals surface area contributed by atoms with Gasteiger partial charge in [0.1, 0.15) is 5.92 Å². The molecule has 0 radical (unpaired) electrons. The number of anilines is 1. The Balaban J connectivity index is 1.73. The predicted octanol–water partition coefficient (Wildman–Crippen LogP) is 4.49. The maximum absolute atomic E-state index is 11.8. The largest absolute Gasteiger partial charge is 0.481 e. The highest BCUT2D eigenvalue weighted by molar-refractivity contribution is 8.12. The molecule has 1 aromatic carbocycles. The first-order valence-electron chi connectivity index (χ1n) is 8.56. The van der Waals surface area contributed by atoms with E-state index in [0.717, 1.165) is 29.4 Å². The molecule has 2 heterocycles. The Labute approximate surface area is 155 Å². The third-order valence-corrected chi connectivity index (χ3v) is 6.03. The van der Waals surface area contributed by atoms with E-state index in [9.17, 15) is 9.90 Å². The Morgan fingerprint density at radius 1 is 1.36 bits per heavy atom. The molecule has 132 valence electrons. The molecule has 0 bridgehead atoms. The van der Waals surface area contributed by atoms with E-state index in [0.29, 0.717) is 22.5 Å². The number of nitrogens with one attached hydrogen (secondary N) is 2. The van der Waals surface area contributed by atoms with Gasteiger partial charge in [-0.25, -0.2) is 0 Å². The first kappa shape index (κ1) is 16.8. The minimum atomic E-state index is -0.854. The van der Waals surface area contributed by atoms with Crippen LogP contribution in [0.15, 0.2) is 23.2 Å². The normalized spacial score (nSPS) is 21.9. The van der Waals surface area contributed by atoms with E-state index >= 15 is 0 Å². The molecule has 1 aromatic heterocycles. The van der Waals surface area contributed by atoms with Gasteiger partial charge in [-0.15, -0.1) is 11.8 Å². The van der Waals surface area contributed by atoms with Gasteiger partial charge in [0.15, 0.2) is 0 Å². The average Bonchev–Trinajstić information content (AvgIpc) is 3.28. The van der Waals surface area contributed by atoms with Gasteiger partial charge in [0.25, 0.3) is 0 Å².